The molecular formula is C23H25N3O3. The quantitative estimate of drug-likeness (QED) is 0.695. The molecule has 1 heterocycles. The summed E-state index contributed by atoms with van der Waals surface area (Å²) in [5, 5.41) is 7.77. The largest absolute Gasteiger partial charge is 0.497 e. The summed E-state index contributed by atoms with van der Waals surface area (Å²) in [5.41, 5.74) is 4.04. The molecule has 1 aliphatic carbocycles. The second kappa shape index (κ2) is 8.39. The van der Waals surface area contributed by atoms with Crippen LogP contribution < -0.4 is 14.8 Å². The number of amides is 1. The van der Waals surface area contributed by atoms with Gasteiger partial charge in [-0.15, -0.1) is 0 Å². The first-order valence-corrected chi connectivity index (χ1v) is 9.80. The lowest BCUT2D eigenvalue weighted by Crippen LogP contribution is -2.31. The number of fused-ring (bicyclic) bond motifs is 1. The Kier molecular flexibility index (Phi) is 5.51. The predicted octanol–water partition coefficient (Wildman–Crippen LogP) is 3.76. The third kappa shape index (κ3) is 4.11. The van der Waals surface area contributed by atoms with E-state index >= 15 is 0 Å². The second-order valence-electron chi connectivity index (χ2n) is 7.21. The van der Waals surface area contributed by atoms with Crippen LogP contribution >= 0.6 is 0 Å². The van der Waals surface area contributed by atoms with Crippen molar-refractivity contribution >= 4 is 5.91 Å². The van der Waals surface area contributed by atoms with E-state index in [1.807, 2.05) is 24.4 Å². The predicted molar refractivity (Wildman–Crippen MR) is 110 cm³/mol. The topological polar surface area (TPSA) is 65.4 Å². The van der Waals surface area contributed by atoms with Crippen molar-refractivity contribution in [3.8, 4) is 11.5 Å². The first-order valence-electron chi connectivity index (χ1n) is 9.80. The molecule has 3 aromatic rings. The minimum absolute atomic E-state index is 0.0482. The number of benzene rings is 2. The molecule has 4 rings (SSSR count). The molecule has 0 saturated heterocycles. The van der Waals surface area contributed by atoms with Gasteiger partial charge in [0.05, 0.1) is 33.0 Å². The van der Waals surface area contributed by atoms with E-state index in [2.05, 4.69) is 27.2 Å². The van der Waals surface area contributed by atoms with Gasteiger partial charge in [0.25, 0.3) is 5.91 Å². The number of aromatic nitrogens is 2. The Hall–Kier alpha value is -3.28. The molecule has 1 amide bonds. The van der Waals surface area contributed by atoms with Gasteiger partial charge in [-0.3, -0.25) is 9.48 Å². The molecule has 1 atom stereocenters. The summed E-state index contributed by atoms with van der Waals surface area (Å²) < 4.78 is 12.6. The van der Waals surface area contributed by atoms with E-state index in [1.165, 1.54) is 11.3 Å². The third-order valence-corrected chi connectivity index (χ3v) is 5.36. The van der Waals surface area contributed by atoms with Crippen LogP contribution in [0.2, 0.25) is 0 Å². The van der Waals surface area contributed by atoms with Crippen LogP contribution in [0.25, 0.3) is 0 Å². The molecule has 1 N–H and O–H groups in total. The van der Waals surface area contributed by atoms with Gasteiger partial charge in [0.1, 0.15) is 11.5 Å². The summed E-state index contributed by atoms with van der Waals surface area (Å²) in [6.07, 6.45) is 4.78. The van der Waals surface area contributed by atoms with Crippen molar-refractivity contribution in [3.05, 3.63) is 77.1 Å². The first kappa shape index (κ1) is 19.1. The fourth-order valence-corrected chi connectivity index (χ4v) is 3.84. The van der Waals surface area contributed by atoms with Crippen LogP contribution in [0.3, 0.4) is 0 Å². The van der Waals surface area contributed by atoms with Gasteiger partial charge in [0, 0.05) is 22.9 Å². The van der Waals surface area contributed by atoms with E-state index in [9.17, 15) is 4.79 Å². The van der Waals surface area contributed by atoms with Crippen molar-refractivity contribution in [3.63, 3.8) is 0 Å². The van der Waals surface area contributed by atoms with E-state index in [0.717, 1.165) is 31.4 Å². The Bertz CT molecular complexity index is 976. The minimum Gasteiger partial charge on any atom is -0.497 e. The van der Waals surface area contributed by atoms with Crippen molar-refractivity contribution in [1.29, 1.82) is 0 Å². The fourth-order valence-electron chi connectivity index (χ4n) is 3.84. The number of nitrogens with one attached hydrogen (secondary N) is 1. The van der Waals surface area contributed by atoms with Gasteiger partial charge in [-0.1, -0.05) is 30.3 Å². The van der Waals surface area contributed by atoms with E-state index in [1.54, 1.807) is 32.4 Å². The summed E-state index contributed by atoms with van der Waals surface area (Å²) >= 11 is 0. The number of ether oxygens (including phenoxy) is 2. The smallest absolute Gasteiger partial charge is 0.252 e. The number of hydrogen-bond acceptors (Lipinski definition) is 4. The Morgan fingerprint density at radius 1 is 1.14 bits per heavy atom. The van der Waals surface area contributed by atoms with Crippen LogP contribution in [-0.4, -0.2) is 29.9 Å². The lowest BCUT2D eigenvalue weighted by atomic mass is 9.92. The average molecular weight is 391 g/mol. The van der Waals surface area contributed by atoms with Gasteiger partial charge in [0.15, 0.2) is 0 Å². The number of methoxy groups -OCH3 is 2. The molecule has 0 aliphatic heterocycles. The molecule has 0 bridgehead atoms. The highest BCUT2D eigenvalue weighted by atomic mass is 16.5. The van der Waals surface area contributed by atoms with Crippen molar-refractivity contribution in [2.45, 2.75) is 31.8 Å². The van der Waals surface area contributed by atoms with Gasteiger partial charge >= 0.3 is 0 Å². The lowest BCUT2D eigenvalue weighted by Gasteiger charge is -2.24. The molecule has 0 spiro atoms. The summed E-state index contributed by atoms with van der Waals surface area (Å²) in [4.78, 5) is 12.9. The highest BCUT2D eigenvalue weighted by Crippen LogP contribution is 2.31. The molecular weight excluding hydrogens is 366 g/mol. The molecule has 0 saturated carbocycles. The molecule has 150 valence electrons. The molecule has 0 unspecified atom stereocenters. The third-order valence-electron chi connectivity index (χ3n) is 5.36. The Morgan fingerprint density at radius 2 is 1.86 bits per heavy atom. The molecule has 6 heteroatoms. The maximum atomic E-state index is 12.9. The second-order valence-corrected chi connectivity index (χ2v) is 7.21. The molecule has 1 aliphatic rings. The first-order chi connectivity index (χ1) is 14.2. The standard InChI is InChI=1S/C23H25N3O3/c1-28-18-11-17(12-19(13-18)29-2)23(27)25-21-9-6-10-22-20(21)14-24-26(22)15-16-7-4-3-5-8-16/h3-5,7-8,11-14,21H,6,9-10,15H2,1-2H3,(H,25,27)/t21-/m0/s1. The fraction of sp³-hybridized carbons (Fsp3) is 0.304. The van der Waals surface area contributed by atoms with Crippen molar-refractivity contribution in [2.75, 3.05) is 14.2 Å². The van der Waals surface area contributed by atoms with Gasteiger partial charge in [-0.2, -0.15) is 5.10 Å². The van der Waals surface area contributed by atoms with Crippen LogP contribution in [0, 0.1) is 0 Å². The Morgan fingerprint density at radius 3 is 2.55 bits per heavy atom. The van der Waals surface area contributed by atoms with E-state index in [0.29, 0.717) is 17.1 Å². The number of hydrogen-bond donors (Lipinski definition) is 1. The normalized spacial score (nSPS) is 15.4. The molecule has 0 fully saturated rings. The summed E-state index contributed by atoms with van der Waals surface area (Å²) in [7, 11) is 3.15. The zero-order valence-electron chi connectivity index (χ0n) is 16.7. The minimum atomic E-state index is -0.143. The number of carbonyl (C=O) groups excluding carboxylic acids is 1. The molecule has 2 aromatic carbocycles. The van der Waals surface area contributed by atoms with Gasteiger partial charge in [-0.05, 0) is 37.0 Å². The van der Waals surface area contributed by atoms with E-state index < -0.39 is 0 Å². The Labute approximate surface area is 170 Å². The Balaban J connectivity index is 1.54. The zero-order valence-corrected chi connectivity index (χ0v) is 16.7. The van der Waals surface area contributed by atoms with E-state index in [-0.39, 0.29) is 11.9 Å². The summed E-state index contributed by atoms with van der Waals surface area (Å²) in [5.74, 6) is 1.04. The highest BCUT2D eigenvalue weighted by Gasteiger charge is 2.26. The molecule has 29 heavy (non-hydrogen) atoms. The maximum Gasteiger partial charge on any atom is 0.252 e. The highest BCUT2D eigenvalue weighted by molar-refractivity contribution is 5.95. The van der Waals surface area contributed by atoms with Crippen LogP contribution in [0.15, 0.2) is 54.7 Å². The van der Waals surface area contributed by atoms with Crippen LogP contribution in [-0.2, 0) is 13.0 Å². The van der Waals surface area contributed by atoms with Crippen molar-refractivity contribution in [1.82, 2.24) is 15.1 Å². The van der Waals surface area contributed by atoms with Crippen LogP contribution in [0.5, 0.6) is 11.5 Å². The molecule has 6 nitrogen and oxygen atoms in total. The number of rotatable bonds is 6. The average Bonchev–Trinajstić information content (AvgIpc) is 3.17. The summed E-state index contributed by atoms with van der Waals surface area (Å²) in [6, 6.07) is 15.4. The van der Waals surface area contributed by atoms with Crippen LogP contribution in [0.1, 0.15) is 46.1 Å². The molecule has 0 radical (unpaired) electrons. The number of nitrogens with zero attached hydrogens (tertiary/aromatic N) is 2. The zero-order chi connectivity index (χ0) is 20.2. The van der Waals surface area contributed by atoms with E-state index in [4.69, 9.17) is 9.47 Å². The van der Waals surface area contributed by atoms with Gasteiger partial charge < -0.3 is 14.8 Å². The van der Waals surface area contributed by atoms with Gasteiger partial charge in [0.2, 0.25) is 0 Å². The monoisotopic (exact) mass is 391 g/mol. The number of carbonyl (C=O) groups is 1. The maximum absolute atomic E-state index is 12.9. The van der Waals surface area contributed by atoms with Crippen molar-refractivity contribution < 1.29 is 14.3 Å². The SMILES string of the molecule is COc1cc(OC)cc(C(=O)N[C@H]2CCCc3c2cnn3Cc2ccccc2)c1. The summed E-state index contributed by atoms with van der Waals surface area (Å²) in [6.45, 7) is 0.740. The van der Waals surface area contributed by atoms with Crippen molar-refractivity contribution in [2.24, 2.45) is 0 Å². The van der Waals surface area contributed by atoms with Gasteiger partial charge in [-0.25, -0.2) is 0 Å². The van der Waals surface area contributed by atoms with Crippen LogP contribution in [0.4, 0.5) is 0 Å². The lowest BCUT2D eigenvalue weighted by molar-refractivity contribution is 0.0932. The molecule has 1 aromatic heterocycles.